The molecule has 7 heteroatoms. The number of thiazole rings is 1. The molecule has 1 aromatic heterocycles. The first-order valence-electron chi connectivity index (χ1n) is 8.28. The number of amides is 1. The Labute approximate surface area is 150 Å². The Hall–Kier alpha value is -2.41. The molecule has 1 aromatic carbocycles. The molecule has 1 aliphatic carbocycles. The van der Waals surface area contributed by atoms with Gasteiger partial charge >= 0.3 is 5.97 Å². The first kappa shape index (κ1) is 17.4. The molecule has 1 aliphatic rings. The largest absolute Gasteiger partial charge is 0.493 e. The number of hydrogen-bond acceptors (Lipinski definition) is 6. The van der Waals surface area contributed by atoms with E-state index in [0.717, 1.165) is 12.4 Å². The molecule has 1 amide bonds. The minimum Gasteiger partial charge on any atom is -0.493 e. The first-order valence-corrected chi connectivity index (χ1v) is 9.16. The van der Waals surface area contributed by atoms with Gasteiger partial charge < -0.3 is 9.47 Å². The minimum atomic E-state index is -0.326. The highest BCUT2D eigenvalue weighted by Gasteiger charge is 2.21. The summed E-state index contributed by atoms with van der Waals surface area (Å²) in [6, 6.07) is 7.05. The van der Waals surface area contributed by atoms with E-state index in [1.165, 1.54) is 24.2 Å². The lowest BCUT2D eigenvalue weighted by atomic mass is 10.2. The molecule has 6 nitrogen and oxygen atoms in total. The van der Waals surface area contributed by atoms with Crippen molar-refractivity contribution in [3.05, 3.63) is 40.9 Å². The van der Waals surface area contributed by atoms with E-state index < -0.39 is 0 Å². The topological polar surface area (TPSA) is 77.5 Å². The number of nitrogens with zero attached hydrogens (tertiary/aromatic N) is 1. The van der Waals surface area contributed by atoms with Crippen LogP contribution in [0.1, 0.15) is 35.8 Å². The van der Waals surface area contributed by atoms with Crippen molar-refractivity contribution in [3.8, 4) is 5.75 Å². The van der Waals surface area contributed by atoms with E-state index in [1.54, 1.807) is 36.6 Å². The van der Waals surface area contributed by atoms with Gasteiger partial charge in [-0.3, -0.25) is 14.9 Å². The number of anilines is 1. The number of aromatic nitrogens is 1. The average Bonchev–Trinajstić information content (AvgIpc) is 3.34. The van der Waals surface area contributed by atoms with Crippen molar-refractivity contribution in [2.24, 2.45) is 5.92 Å². The second-order valence-corrected chi connectivity index (χ2v) is 6.72. The highest BCUT2D eigenvalue weighted by molar-refractivity contribution is 7.14. The summed E-state index contributed by atoms with van der Waals surface area (Å²) in [4.78, 5) is 27.9. The lowest BCUT2D eigenvalue weighted by Gasteiger charge is -2.06. The van der Waals surface area contributed by atoms with Gasteiger partial charge in [0.05, 0.1) is 25.3 Å². The zero-order valence-electron chi connectivity index (χ0n) is 14.0. The number of carbonyl (C=O) groups is 2. The van der Waals surface area contributed by atoms with Crippen LogP contribution in [0.5, 0.6) is 5.75 Å². The molecule has 0 unspecified atom stereocenters. The number of ether oxygens (including phenoxy) is 2. The van der Waals surface area contributed by atoms with Crippen LogP contribution in [0.25, 0.3) is 0 Å². The number of esters is 1. The predicted octanol–water partition coefficient (Wildman–Crippen LogP) is 3.29. The highest BCUT2D eigenvalue weighted by Crippen LogP contribution is 2.29. The molecular weight excluding hydrogens is 340 g/mol. The van der Waals surface area contributed by atoms with Crippen molar-refractivity contribution < 1.29 is 19.1 Å². The fourth-order valence-corrected chi connectivity index (χ4v) is 2.88. The van der Waals surface area contributed by atoms with Crippen LogP contribution in [0.4, 0.5) is 5.13 Å². The lowest BCUT2D eigenvalue weighted by Crippen LogP contribution is -2.12. The molecule has 0 atom stereocenters. The van der Waals surface area contributed by atoms with Gasteiger partial charge in [-0.25, -0.2) is 4.98 Å². The summed E-state index contributed by atoms with van der Waals surface area (Å²) in [5.74, 6) is 0.893. The van der Waals surface area contributed by atoms with Gasteiger partial charge in [0, 0.05) is 10.9 Å². The number of rotatable bonds is 8. The molecule has 25 heavy (non-hydrogen) atoms. The van der Waals surface area contributed by atoms with Gasteiger partial charge in [-0.1, -0.05) is 0 Å². The Morgan fingerprint density at radius 3 is 2.72 bits per heavy atom. The minimum absolute atomic E-state index is 0.104. The van der Waals surface area contributed by atoms with E-state index in [4.69, 9.17) is 9.47 Å². The summed E-state index contributed by atoms with van der Waals surface area (Å²) < 4.78 is 10.5. The summed E-state index contributed by atoms with van der Waals surface area (Å²) in [5.41, 5.74) is 1.11. The molecular formula is C18H20N2O4S. The maximum Gasteiger partial charge on any atom is 0.311 e. The third-order valence-corrected chi connectivity index (χ3v) is 4.51. The summed E-state index contributed by atoms with van der Waals surface area (Å²) in [5, 5.41) is 4.93. The molecule has 1 heterocycles. The molecule has 0 radical (unpaired) electrons. The van der Waals surface area contributed by atoms with E-state index in [2.05, 4.69) is 10.3 Å². The quantitative estimate of drug-likeness (QED) is 0.731. The monoisotopic (exact) mass is 360 g/mol. The summed E-state index contributed by atoms with van der Waals surface area (Å²) in [7, 11) is 0. The normalized spacial score (nSPS) is 13.3. The van der Waals surface area contributed by atoms with E-state index in [1.807, 2.05) is 0 Å². The Bertz CT molecular complexity index is 738. The number of benzene rings is 1. The van der Waals surface area contributed by atoms with E-state index in [-0.39, 0.29) is 18.3 Å². The zero-order valence-corrected chi connectivity index (χ0v) is 14.8. The zero-order chi connectivity index (χ0) is 17.6. The summed E-state index contributed by atoms with van der Waals surface area (Å²) >= 11 is 1.28. The molecule has 0 saturated heterocycles. The Kier molecular flexibility index (Phi) is 5.65. The van der Waals surface area contributed by atoms with Gasteiger partial charge in [0.1, 0.15) is 5.75 Å². The van der Waals surface area contributed by atoms with E-state index >= 15 is 0 Å². The maximum absolute atomic E-state index is 12.3. The van der Waals surface area contributed by atoms with Gasteiger partial charge in [0.2, 0.25) is 0 Å². The molecule has 3 rings (SSSR count). The van der Waals surface area contributed by atoms with Crippen LogP contribution < -0.4 is 10.1 Å². The van der Waals surface area contributed by atoms with Crippen LogP contribution in [0.3, 0.4) is 0 Å². The van der Waals surface area contributed by atoms with E-state index in [9.17, 15) is 9.59 Å². The Morgan fingerprint density at radius 2 is 2.04 bits per heavy atom. The van der Waals surface area contributed by atoms with Gasteiger partial charge in [0.15, 0.2) is 5.13 Å². The van der Waals surface area contributed by atoms with Crippen molar-refractivity contribution in [1.82, 2.24) is 4.98 Å². The number of nitrogens with one attached hydrogen (secondary N) is 1. The second kappa shape index (κ2) is 8.11. The highest BCUT2D eigenvalue weighted by atomic mass is 32.1. The van der Waals surface area contributed by atoms with Crippen molar-refractivity contribution in [1.29, 1.82) is 0 Å². The van der Waals surface area contributed by atoms with Gasteiger partial charge in [-0.05, 0) is 49.9 Å². The van der Waals surface area contributed by atoms with Crippen LogP contribution >= 0.6 is 11.3 Å². The first-order chi connectivity index (χ1) is 12.1. The van der Waals surface area contributed by atoms with Crippen LogP contribution in [0.2, 0.25) is 0 Å². The van der Waals surface area contributed by atoms with E-state index in [0.29, 0.717) is 28.9 Å². The Balaban J connectivity index is 1.52. The third kappa shape index (κ3) is 5.29. The van der Waals surface area contributed by atoms with Crippen LogP contribution in [0, 0.1) is 5.92 Å². The molecule has 0 aliphatic heterocycles. The molecule has 132 valence electrons. The smallest absolute Gasteiger partial charge is 0.311 e. The Morgan fingerprint density at radius 1 is 1.28 bits per heavy atom. The average molecular weight is 360 g/mol. The van der Waals surface area contributed by atoms with Crippen molar-refractivity contribution in [2.75, 3.05) is 18.5 Å². The standard InChI is InChI=1S/C18H20N2O4S/c1-2-23-16(21)9-14-11-25-18(19-14)20-17(22)13-5-7-15(8-6-13)24-10-12-3-4-12/h5-8,11-12H,2-4,9-10H2,1H3,(H,19,20,22). The molecule has 0 bridgehead atoms. The third-order valence-electron chi connectivity index (χ3n) is 3.70. The fraction of sp³-hybridized carbons (Fsp3) is 0.389. The fourth-order valence-electron chi connectivity index (χ4n) is 2.18. The molecule has 1 N–H and O–H groups in total. The van der Waals surface area contributed by atoms with Crippen molar-refractivity contribution >= 4 is 28.3 Å². The maximum atomic E-state index is 12.3. The summed E-state index contributed by atoms with van der Waals surface area (Å²) in [6.45, 7) is 2.84. The van der Waals surface area contributed by atoms with Crippen LogP contribution in [-0.2, 0) is 16.0 Å². The van der Waals surface area contributed by atoms with Crippen LogP contribution in [0.15, 0.2) is 29.6 Å². The van der Waals surface area contributed by atoms with Gasteiger partial charge in [-0.15, -0.1) is 11.3 Å². The number of carbonyl (C=O) groups excluding carboxylic acids is 2. The van der Waals surface area contributed by atoms with Crippen LogP contribution in [-0.4, -0.2) is 30.1 Å². The second-order valence-electron chi connectivity index (χ2n) is 5.86. The van der Waals surface area contributed by atoms with Crippen molar-refractivity contribution in [2.45, 2.75) is 26.2 Å². The molecule has 1 saturated carbocycles. The molecule has 1 fully saturated rings. The molecule has 0 spiro atoms. The number of hydrogen-bond donors (Lipinski definition) is 1. The molecule has 2 aromatic rings. The van der Waals surface area contributed by atoms with Gasteiger partial charge in [-0.2, -0.15) is 0 Å². The lowest BCUT2D eigenvalue weighted by molar-refractivity contribution is -0.142. The van der Waals surface area contributed by atoms with Crippen molar-refractivity contribution in [3.63, 3.8) is 0 Å². The van der Waals surface area contributed by atoms with Gasteiger partial charge in [0.25, 0.3) is 5.91 Å². The predicted molar refractivity (Wildman–Crippen MR) is 95.1 cm³/mol. The summed E-state index contributed by atoms with van der Waals surface area (Å²) in [6.07, 6.45) is 2.59. The SMILES string of the molecule is CCOC(=O)Cc1csc(NC(=O)c2ccc(OCC3CC3)cc2)n1.